The molecule has 3 nitrogen and oxygen atoms in total. The Labute approximate surface area is 97.7 Å². The third kappa shape index (κ3) is 2.60. The topological polar surface area (TPSA) is 42.1 Å². The maximum atomic E-state index is 5.90. The van der Waals surface area contributed by atoms with E-state index in [-0.39, 0.29) is 0 Å². The Morgan fingerprint density at radius 2 is 2.44 bits per heavy atom. The molecule has 3 heteroatoms. The van der Waals surface area contributed by atoms with E-state index in [9.17, 15) is 0 Å². The Hall–Kier alpha value is -0.930. The zero-order valence-electron chi connectivity index (χ0n) is 9.97. The van der Waals surface area contributed by atoms with Crippen LogP contribution in [0.4, 0.5) is 0 Å². The highest BCUT2D eigenvalue weighted by Crippen LogP contribution is 2.24. The fraction of sp³-hybridized carbons (Fsp3) is 0.615. The molecule has 0 spiro atoms. The molecule has 1 saturated heterocycles. The first-order valence-corrected chi connectivity index (χ1v) is 6.16. The van der Waals surface area contributed by atoms with Crippen molar-refractivity contribution in [2.45, 2.75) is 25.8 Å². The number of piperidine rings is 1. The number of nitrogens with two attached hydrogens (primary N) is 1. The molecule has 0 aromatic carbocycles. The molecule has 2 atom stereocenters. The van der Waals surface area contributed by atoms with Crippen molar-refractivity contribution < 1.29 is 0 Å². The average molecular weight is 219 g/mol. The molecule has 88 valence electrons. The van der Waals surface area contributed by atoms with Gasteiger partial charge in [-0.05, 0) is 37.4 Å². The quantitative estimate of drug-likeness (QED) is 0.843. The van der Waals surface area contributed by atoms with Gasteiger partial charge in [0.2, 0.25) is 0 Å². The van der Waals surface area contributed by atoms with Crippen LogP contribution < -0.4 is 5.73 Å². The van der Waals surface area contributed by atoms with Crippen molar-refractivity contribution >= 4 is 0 Å². The van der Waals surface area contributed by atoms with E-state index in [2.05, 4.69) is 22.9 Å². The average Bonchev–Trinajstić information content (AvgIpc) is 2.31. The van der Waals surface area contributed by atoms with Gasteiger partial charge in [-0.15, -0.1) is 0 Å². The number of likely N-dealkylation sites (tertiary alicyclic amines) is 1. The molecule has 0 saturated carbocycles. The Morgan fingerprint density at radius 3 is 3.06 bits per heavy atom. The molecule has 0 radical (unpaired) electrons. The van der Waals surface area contributed by atoms with Gasteiger partial charge in [-0.2, -0.15) is 0 Å². The summed E-state index contributed by atoms with van der Waals surface area (Å²) in [4.78, 5) is 6.91. The van der Waals surface area contributed by atoms with Crippen LogP contribution in [0, 0.1) is 5.92 Å². The minimum Gasteiger partial charge on any atom is -0.329 e. The van der Waals surface area contributed by atoms with Crippen molar-refractivity contribution in [3.05, 3.63) is 30.1 Å². The fourth-order valence-electron chi connectivity index (χ4n) is 2.54. The molecular formula is C13H21N3. The highest BCUT2D eigenvalue weighted by molar-refractivity contribution is 5.09. The van der Waals surface area contributed by atoms with Crippen LogP contribution >= 0.6 is 0 Å². The lowest BCUT2D eigenvalue weighted by atomic mass is 9.98. The molecule has 2 unspecified atom stereocenters. The number of aromatic nitrogens is 1. The van der Waals surface area contributed by atoms with Crippen molar-refractivity contribution in [1.29, 1.82) is 0 Å². The first-order valence-electron chi connectivity index (χ1n) is 6.16. The van der Waals surface area contributed by atoms with E-state index in [0.717, 1.165) is 24.7 Å². The Morgan fingerprint density at radius 1 is 1.56 bits per heavy atom. The van der Waals surface area contributed by atoms with Crippen molar-refractivity contribution in [3.8, 4) is 0 Å². The van der Waals surface area contributed by atoms with Gasteiger partial charge in [0.15, 0.2) is 0 Å². The molecule has 0 aliphatic carbocycles. The van der Waals surface area contributed by atoms with Crippen LogP contribution in [0.1, 0.15) is 31.5 Å². The molecule has 1 fully saturated rings. The van der Waals surface area contributed by atoms with Gasteiger partial charge in [-0.25, -0.2) is 0 Å². The van der Waals surface area contributed by atoms with Crippen LogP contribution in [0.5, 0.6) is 0 Å². The lowest BCUT2D eigenvalue weighted by molar-refractivity contribution is 0.131. The molecule has 1 aliphatic rings. The Bertz CT molecular complexity index is 312. The standard InChI is InChI=1S/C13H21N3/c1-11-5-4-8-16(10-11)13(9-14)12-6-2-3-7-15-12/h2-3,6-7,11,13H,4-5,8-10,14H2,1H3. The molecule has 2 rings (SSSR count). The Kier molecular flexibility index (Phi) is 3.91. The summed E-state index contributed by atoms with van der Waals surface area (Å²) in [6.07, 6.45) is 4.48. The molecule has 16 heavy (non-hydrogen) atoms. The Balaban J connectivity index is 2.10. The normalized spacial score (nSPS) is 24.2. The summed E-state index contributed by atoms with van der Waals surface area (Å²) in [5, 5.41) is 0. The second-order valence-electron chi connectivity index (χ2n) is 4.75. The van der Waals surface area contributed by atoms with E-state index >= 15 is 0 Å². The smallest absolute Gasteiger partial charge is 0.0644 e. The number of rotatable bonds is 3. The van der Waals surface area contributed by atoms with Crippen LogP contribution in [0.25, 0.3) is 0 Å². The third-order valence-corrected chi connectivity index (χ3v) is 3.38. The second kappa shape index (κ2) is 5.41. The molecule has 0 amide bonds. The summed E-state index contributed by atoms with van der Waals surface area (Å²) in [6, 6.07) is 6.37. The van der Waals surface area contributed by atoms with Gasteiger partial charge in [0.05, 0.1) is 11.7 Å². The predicted molar refractivity (Wildman–Crippen MR) is 66.0 cm³/mol. The highest BCUT2D eigenvalue weighted by atomic mass is 15.2. The van der Waals surface area contributed by atoms with E-state index in [1.165, 1.54) is 12.8 Å². The minimum absolute atomic E-state index is 0.295. The molecule has 2 N–H and O–H groups in total. The third-order valence-electron chi connectivity index (χ3n) is 3.38. The highest BCUT2D eigenvalue weighted by Gasteiger charge is 2.24. The fourth-order valence-corrected chi connectivity index (χ4v) is 2.54. The maximum absolute atomic E-state index is 5.90. The molecular weight excluding hydrogens is 198 g/mol. The minimum atomic E-state index is 0.295. The first kappa shape index (κ1) is 11.6. The number of hydrogen-bond acceptors (Lipinski definition) is 3. The number of hydrogen-bond donors (Lipinski definition) is 1. The summed E-state index contributed by atoms with van der Waals surface area (Å²) in [5.41, 5.74) is 7.01. The van der Waals surface area contributed by atoms with Crippen LogP contribution in [-0.2, 0) is 0 Å². The van der Waals surface area contributed by atoms with E-state index in [1.807, 2.05) is 18.3 Å². The van der Waals surface area contributed by atoms with Crippen molar-refractivity contribution in [1.82, 2.24) is 9.88 Å². The predicted octanol–water partition coefficient (Wildman–Crippen LogP) is 1.81. The van der Waals surface area contributed by atoms with Crippen molar-refractivity contribution in [3.63, 3.8) is 0 Å². The second-order valence-corrected chi connectivity index (χ2v) is 4.75. The van der Waals surface area contributed by atoms with Crippen molar-refractivity contribution in [2.24, 2.45) is 11.7 Å². The van der Waals surface area contributed by atoms with Crippen LogP contribution in [0.15, 0.2) is 24.4 Å². The molecule has 1 aromatic rings. The van der Waals surface area contributed by atoms with Crippen LogP contribution in [0.2, 0.25) is 0 Å². The lowest BCUT2D eigenvalue weighted by Gasteiger charge is -2.36. The van der Waals surface area contributed by atoms with Crippen LogP contribution in [0.3, 0.4) is 0 Å². The van der Waals surface area contributed by atoms with E-state index in [1.54, 1.807) is 0 Å². The van der Waals surface area contributed by atoms with Gasteiger partial charge in [0.25, 0.3) is 0 Å². The molecule has 1 aromatic heterocycles. The van der Waals surface area contributed by atoms with Crippen LogP contribution in [-0.4, -0.2) is 29.5 Å². The first-order chi connectivity index (χ1) is 7.81. The largest absolute Gasteiger partial charge is 0.329 e. The van der Waals surface area contributed by atoms with Gasteiger partial charge >= 0.3 is 0 Å². The van der Waals surface area contributed by atoms with Gasteiger partial charge in [-0.1, -0.05) is 13.0 Å². The summed E-state index contributed by atoms with van der Waals surface area (Å²) in [6.45, 7) is 5.28. The van der Waals surface area contributed by atoms with Gasteiger partial charge in [0, 0.05) is 19.3 Å². The zero-order chi connectivity index (χ0) is 11.4. The number of nitrogens with zero attached hydrogens (tertiary/aromatic N) is 2. The maximum Gasteiger partial charge on any atom is 0.0644 e. The molecule has 2 heterocycles. The van der Waals surface area contributed by atoms with E-state index < -0.39 is 0 Å². The molecule has 0 bridgehead atoms. The van der Waals surface area contributed by atoms with Gasteiger partial charge in [0.1, 0.15) is 0 Å². The zero-order valence-corrected chi connectivity index (χ0v) is 9.97. The summed E-state index contributed by atoms with van der Waals surface area (Å²) >= 11 is 0. The number of pyridine rings is 1. The van der Waals surface area contributed by atoms with E-state index in [4.69, 9.17) is 5.73 Å². The lowest BCUT2D eigenvalue weighted by Crippen LogP contribution is -2.40. The van der Waals surface area contributed by atoms with Crippen molar-refractivity contribution in [2.75, 3.05) is 19.6 Å². The monoisotopic (exact) mass is 219 g/mol. The summed E-state index contributed by atoms with van der Waals surface area (Å²) < 4.78 is 0. The van der Waals surface area contributed by atoms with Gasteiger partial charge in [-0.3, -0.25) is 9.88 Å². The summed E-state index contributed by atoms with van der Waals surface area (Å²) in [5.74, 6) is 0.784. The van der Waals surface area contributed by atoms with E-state index in [0.29, 0.717) is 12.6 Å². The SMILES string of the molecule is CC1CCCN(C(CN)c2ccccn2)C1. The molecule has 1 aliphatic heterocycles. The van der Waals surface area contributed by atoms with Gasteiger partial charge < -0.3 is 5.73 Å². The summed E-state index contributed by atoms with van der Waals surface area (Å²) in [7, 11) is 0.